The minimum Gasteiger partial charge on any atom is -0.258 e. The van der Waals surface area contributed by atoms with Crippen molar-refractivity contribution in [3.8, 4) is 0 Å². The van der Waals surface area contributed by atoms with Gasteiger partial charge in [0.05, 0.1) is 15.5 Å². The van der Waals surface area contributed by atoms with E-state index in [0.717, 1.165) is 29.5 Å². The lowest BCUT2D eigenvalue weighted by molar-refractivity contribution is 0.600. The molecule has 1 heterocycles. The Labute approximate surface area is 110 Å². The number of sulfonamides is 1. The average Bonchev–Trinajstić information content (AvgIpc) is 3.10. The van der Waals surface area contributed by atoms with E-state index < -0.39 is 10.0 Å². The van der Waals surface area contributed by atoms with Crippen molar-refractivity contribution in [2.45, 2.75) is 31.4 Å². The molecule has 0 aliphatic heterocycles. The molecule has 0 atom stereocenters. The zero-order chi connectivity index (χ0) is 12.8. The zero-order valence-electron chi connectivity index (χ0n) is 10.0. The average molecular weight is 282 g/mol. The molecule has 1 aromatic heterocycles. The van der Waals surface area contributed by atoms with Crippen LogP contribution in [0, 0.1) is 0 Å². The maximum atomic E-state index is 11.8. The molecule has 1 aliphatic carbocycles. The monoisotopic (exact) mass is 282 g/mol. The number of nitrogens with one attached hydrogen (secondary N) is 1. The van der Waals surface area contributed by atoms with Crippen LogP contribution in [-0.4, -0.2) is 18.7 Å². The van der Waals surface area contributed by atoms with Gasteiger partial charge in [-0.1, -0.05) is 24.3 Å². The number of fused-ring (bicyclic) bond motifs is 1. The van der Waals surface area contributed by atoms with Gasteiger partial charge >= 0.3 is 0 Å². The van der Waals surface area contributed by atoms with E-state index in [0.29, 0.717) is 5.13 Å². The van der Waals surface area contributed by atoms with E-state index in [1.54, 1.807) is 0 Å². The molecule has 0 unspecified atom stereocenters. The van der Waals surface area contributed by atoms with Crippen LogP contribution in [0.2, 0.25) is 0 Å². The second-order valence-corrected chi connectivity index (χ2v) is 7.51. The van der Waals surface area contributed by atoms with Crippen LogP contribution in [0.25, 0.3) is 10.2 Å². The summed E-state index contributed by atoms with van der Waals surface area (Å²) in [6.45, 7) is 2.10. The smallest absolute Gasteiger partial charge is 0.237 e. The number of aryl methyl sites for hydroxylation is 1. The van der Waals surface area contributed by atoms with Crippen molar-refractivity contribution in [2.24, 2.45) is 0 Å². The van der Waals surface area contributed by atoms with Gasteiger partial charge in [0.15, 0.2) is 5.13 Å². The third-order valence-corrected chi connectivity index (χ3v) is 5.94. The van der Waals surface area contributed by atoms with Crippen LogP contribution < -0.4 is 4.72 Å². The molecule has 0 amide bonds. The number of thiazole rings is 1. The van der Waals surface area contributed by atoms with Crippen molar-refractivity contribution in [3.63, 3.8) is 0 Å². The summed E-state index contributed by atoms with van der Waals surface area (Å²) in [7, 11) is -3.21. The van der Waals surface area contributed by atoms with Gasteiger partial charge in [-0.05, 0) is 37.0 Å². The normalized spacial score (nSPS) is 16.1. The van der Waals surface area contributed by atoms with Gasteiger partial charge in [-0.2, -0.15) is 0 Å². The molecule has 6 heteroatoms. The molecule has 0 saturated heterocycles. The Balaban J connectivity index is 1.93. The summed E-state index contributed by atoms with van der Waals surface area (Å²) in [5.74, 6) is 0. The van der Waals surface area contributed by atoms with Gasteiger partial charge < -0.3 is 0 Å². The van der Waals surface area contributed by atoms with Crippen molar-refractivity contribution < 1.29 is 8.42 Å². The Bertz CT molecular complexity index is 687. The Morgan fingerprint density at radius 2 is 2.22 bits per heavy atom. The van der Waals surface area contributed by atoms with Crippen LogP contribution in [-0.2, 0) is 16.4 Å². The number of hydrogen-bond acceptors (Lipinski definition) is 4. The molecule has 4 nitrogen and oxygen atoms in total. The number of nitrogens with zero attached hydrogens (tertiary/aromatic N) is 1. The van der Waals surface area contributed by atoms with E-state index in [4.69, 9.17) is 0 Å². The molecule has 0 bridgehead atoms. The molecule has 1 aromatic carbocycles. The summed E-state index contributed by atoms with van der Waals surface area (Å²) >= 11 is 1.40. The van der Waals surface area contributed by atoms with Gasteiger partial charge in [-0.15, -0.1) is 0 Å². The van der Waals surface area contributed by atoms with E-state index in [1.807, 2.05) is 12.1 Å². The van der Waals surface area contributed by atoms with Gasteiger partial charge in [0.1, 0.15) is 0 Å². The third kappa shape index (κ3) is 2.22. The standard InChI is InChI=1S/C12H14N2O2S2/c1-2-8-3-6-10-11(7-8)17-12(13-10)14-18(15,16)9-4-5-9/h3,6-7,9H,2,4-5H2,1H3,(H,13,14). The summed E-state index contributed by atoms with van der Waals surface area (Å²) in [5, 5.41) is 0.265. The lowest BCUT2D eigenvalue weighted by atomic mass is 10.2. The number of benzene rings is 1. The van der Waals surface area contributed by atoms with E-state index in [1.165, 1.54) is 16.9 Å². The second-order valence-electron chi connectivity index (χ2n) is 4.52. The first kappa shape index (κ1) is 11.9. The Morgan fingerprint density at radius 3 is 2.89 bits per heavy atom. The molecule has 1 fully saturated rings. The summed E-state index contributed by atoms with van der Waals surface area (Å²) in [5.41, 5.74) is 2.09. The third-order valence-electron chi connectivity index (χ3n) is 3.05. The number of aromatic nitrogens is 1. The van der Waals surface area contributed by atoms with Crippen LogP contribution in [0.15, 0.2) is 18.2 Å². The number of anilines is 1. The highest BCUT2D eigenvalue weighted by Gasteiger charge is 2.36. The van der Waals surface area contributed by atoms with Crippen LogP contribution in [0.3, 0.4) is 0 Å². The first-order valence-corrected chi connectivity index (χ1v) is 8.36. The van der Waals surface area contributed by atoms with Gasteiger partial charge in [0, 0.05) is 0 Å². The topological polar surface area (TPSA) is 59.1 Å². The van der Waals surface area contributed by atoms with Crippen LogP contribution >= 0.6 is 11.3 Å². The fourth-order valence-electron chi connectivity index (χ4n) is 1.82. The van der Waals surface area contributed by atoms with Crippen molar-refractivity contribution in [1.29, 1.82) is 0 Å². The molecule has 96 valence electrons. The largest absolute Gasteiger partial charge is 0.258 e. The van der Waals surface area contributed by atoms with Crippen LogP contribution in [0.1, 0.15) is 25.3 Å². The molecule has 1 saturated carbocycles. The predicted molar refractivity (Wildman–Crippen MR) is 74.6 cm³/mol. The van der Waals surface area contributed by atoms with Crippen LogP contribution in [0.4, 0.5) is 5.13 Å². The molecule has 0 spiro atoms. The Morgan fingerprint density at radius 1 is 1.44 bits per heavy atom. The van der Waals surface area contributed by atoms with Gasteiger partial charge in [0.25, 0.3) is 0 Å². The van der Waals surface area contributed by atoms with Crippen molar-refractivity contribution in [1.82, 2.24) is 4.98 Å². The lowest BCUT2D eigenvalue weighted by Gasteiger charge is -2.01. The van der Waals surface area contributed by atoms with Crippen molar-refractivity contribution in [3.05, 3.63) is 23.8 Å². The summed E-state index contributed by atoms with van der Waals surface area (Å²) in [4.78, 5) is 4.31. The fourth-order valence-corrected chi connectivity index (χ4v) is 4.32. The van der Waals surface area contributed by atoms with Gasteiger partial charge in [-0.3, -0.25) is 4.72 Å². The second kappa shape index (κ2) is 4.20. The summed E-state index contributed by atoms with van der Waals surface area (Å²) in [6, 6.07) is 6.04. The highest BCUT2D eigenvalue weighted by molar-refractivity contribution is 7.93. The SMILES string of the molecule is CCc1ccc2nc(NS(=O)(=O)C3CC3)sc2c1. The fraction of sp³-hybridized carbons (Fsp3) is 0.417. The Hall–Kier alpha value is -1.14. The van der Waals surface area contributed by atoms with E-state index >= 15 is 0 Å². The first-order chi connectivity index (χ1) is 8.58. The highest BCUT2D eigenvalue weighted by atomic mass is 32.2. The highest BCUT2D eigenvalue weighted by Crippen LogP contribution is 2.32. The zero-order valence-corrected chi connectivity index (χ0v) is 11.6. The van der Waals surface area contributed by atoms with Gasteiger partial charge in [0.2, 0.25) is 10.0 Å². The summed E-state index contributed by atoms with van der Waals surface area (Å²) < 4.78 is 27.3. The predicted octanol–water partition coefficient (Wildman–Crippen LogP) is 2.76. The maximum Gasteiger partial charge on any atom is 0.237 e. The molecule has 1 N–H and O–H groups in total. The first-order valence-electron chi connectivity index (χ1n) is 5.99. The van der Waals surface area contributed by atoms with Gasteiger partial charge in [-0.25, -0.2) is 13.4 Å². The minimum atomic E-state index is -3.21. The molecule has 0 radical (unpaired) electrons. The number of rotatable bonds is 4. The van der Waals surface area contributed by atoms with Crippen molar-refractivity contribution in [2.75, 3.05) is 4.72 Å². The molecule has 3 rings (SSSR count). The molecule has 18 heavy (non-hydrogen) atoms. The lowest BCUT2D eigenvalue weighted by Crippen LogP contribution is -2.16. The molecular formula is C12H14N2O2S2. The number of hydrogen-bond donors (Lipinski definition) is 1. The molecular weight excluding hydrogens is 268 g/mol. The van der Waals surface area contributed by atoms with Crippen LogP contribution in [0.5, 0.6) is 0 Å². The molecule has 2 aromatic rings. The molecule has 1 aliphatic rings. The Kier molecular flexibility index (Phi) is 2.79. The quantitative estimate of drug-likeness (QED) is 0.938. The van der Waals surface area contributed by atoms with E-state index in [9.17, 15) is 8.42 Å². The van der Waals surface area contributed by atoms with Crippen molar-refractivity contribution >= 4 is 36.7 Å². The van der Waals surface area contributed by atoms with E-state index in [2.05, 4.69) is 22.7 Å². The maximum absolute atomic E-state index is 11.8. The van der Waals surface area contributed by atoms with E-state index in [-0.39, 0.29) is 5.25 Å². The summed E-state index contributed by atoms with van der Waals surface area (Å²) in [6.07, 6.45) is 2.50. The minimum absolute atomic E-state index is 0.212.